The highest BCUT2D eigenvalue weighted by Gasteiger charge is 2.16. The predicted molar refractivity (Wildman–Crippen MR) is 50.8 cm³/mol. The second-order valence-electron chi connectivity index (χ2n) is 3.78. The molecule has 0 N–H and O–H groups in total. The SMILES string of the molecule is CC(C)(C)OC(=O)CCC(Cl)C=O. The number of carbonyl (C=O) groups is 2. The summed E-state index contributed by atoms with van der Waals surface area (Å²) in [5.74, 6) is -0.319. The number of alkyl halides is 1. The molecule has 0 spiro atoms. The third kappa shape index (κ3) is 7.78. The molecule has 0 aromatic rings. The van der Waals surface area contributed by atoms with Crippen molar-refractivity contribution in [3.8, 4) is 0 Å². The maximum atomic E-state index is 11.1. The van der Waals surface area contributed by atoms with Crippen LogP contribution in [0.15, 0.2) is 0 Å². The van der Waals surface area contributed by atoms with Crippen molar-refractivity contribution in [3.63, 3.8) is 0 Å². The fraction of sp³-hybridized carbons (Fsp3) is 0.778. The van der Waals surface area contributed by atoms with Crippen LogP contribution in [-0.2, 0) is 14.3 Å². The van der Waals surface area contributed by atoms with Crippen LogP contribution in [0, 0.1) is 0 Å². The van der Waals surface area contributed by atoms with Crippen LogP contribution < -0.4 is 0 Å². The summed E-state index contributed by atoms with van der Waals surface area (Å²) in [7, 11) is 0. The molecule has 0 aromatic heterocycles. The summed E-state index contributed by atoms with van der Waals surface area (Å²) in [6.07, 6.45) is 1.13. The van der Waals surface area contributed by atoms with Crippen LogP contribution in [0.4, 0.5) is 0 Å². The summed E-state index contributed by atoms with van der Waals surface area (Å²) in [6.45, 7) is 5.38. The molecule has 0 aliphatic heterocycles. The third-order valence-electron chi connectivity index (χ3n) is 1.19. The zero-order valence-electron chi connectivity index (χ0n) is 8.17. The predicted octanol–water partition coefficient (Wildman–Crippen LogP) is 1.91. The summed E-state index contributed by atoms with van der Waals surface area (Å²) in [4.78, 5) is 21.2. The molecule has 3 nitrogen and oxygen atoms in total. The number of aldehydes is 1. The smallest absolute Gasteiger partial charge is 0.306 e. The Labute approximate surface area is 83.4 Å². The van der Waals surface area contributed by atoms with Gasteiger partial charge in [0.05, 0.1) is 5.38 Å². The van der Waals surface area contributed by atoms with Crippen LogP contribution in [0.25, 0.3) is 0 Å². The number of esters is 1. The molecular formula is C9H15ClO3. The number of hydrogen-bond donors (Lipinski definition) is 0. The Bertz CT molecular complexity index is 184. The van der Waals surface area contributed by atoms with E-state index in [-0.39, 0.29) is 12.4 Å². The molecule has 0 heterocycles. The molecule has 4 heteroatoms. The first kappa shape index (κ1) is 12.4. The first-order valence-electron chi connectivity index (χ1n) is 4.16. The van der Waals surface area contributed by atoms with Crippen LogP contribution >= 0.6 is 11.6 Å². The second-order valence-corrected chi connectivity index (χ2v) is 4.34. The van der Waals surface area contributed by atoms with Crippen molar-refractivity contribution in [1.82, 2.24) is 0 Å². The van der Waals surface area contributed by atoms with Crippen molar-refractivity contribution in [2.45, 2.75) is 44.6 Å². The molecular weight excluding hydrogens is 192 g/mol. The van der Waals surface area contributed by atoms with Crippen LogP contribution in [0.1, 0.15) is 33.6 Å². The van der Waals surface area contributed by atoms with E-state index in [1.807, 2.05) is 0 Å². The van der Waals surface area contributed by atoms with Gasteiger partial charge in [-0.2, -0.15) is 0 Å². The fourth-order valence-electron chi connectivity index (χ4n) is 0.716. The molecule has 0 rings (SSSR count). The number of rotatable bonds is 4. The van der Waals surface area contributed by atoms with Crippen molar-refractivity contribution < 1.29 is 14.3 Å². The van der Waals surface area contributed by atoms with E-state index in [4.69, 9.17) is 16.3 Å². The maximum Gasteiger partial charge on any atom is 0.306 e. The molecule has 0 saturated carbocycles. The van der Waals surface area contributed by atoms with E-state index in [1.54, 1.807) is 20.8 Å². The van der Waals surface area contributed by atoms with E-state index >= 15 is 0 Å². The first-order valence-corrected chi connectivity index (χ1v) is 4.60. The maximum absolute atomic E-state index is 11.1. The monoisotopic (exact) mass is 206 g/mol. The van der Waals surface area contributed by atoms with E-state index in [2.05, 4.69) is 0 Å². The molecule has 13 heavy (non-hydrogen) atoms. The van der Waals surface area contributed by atoms with Gasteiger partial charge in [0.1, 0.15) is 11.9 Å². The largest absolute Gasteiger partial charge is 0.460 e. The van der Waals surface area contributed by atoms with Gasteiger partial charge in [0, 0.05) is 6.42 Å². The van der Waals surface area contributed by atoms with Crippen molar-refractivity contribution in [2.75, 3.05) is 0 Å². The van der Waals surface area contributed by atoms with Gasteiger partial charge in [0.25, 0.3) is 0 Å². The Hall–Kier alpha value is -0.570. The lowest BCUT2D eigenvalue weighted by Gasteiger charge is -2.19. The number of hydrogen-bond acceptors (Lipinski definition) is 3. The van der Waals surface area contributed by atoms with Crippen LogP contribution in [0.2, 0.25) is 0 Å². The highest BCUT2D eigenvalue weighted by molar-refractivity contribution is 6.27. The number of carbonyl (C=O) groups excluding carboxylic acids is 2. The molecule has 76 valence electrons. The lowest BCUT2D eigenvalue weighted by Crippen LogP contribution is -2.24. The van der Waals surface area contributed by atoms with Gasteiger partial charge in [0.15, 0.2) is 0 Å². The van der Waals surface area contributed by atoms with Gasteiger partial charge in [-0.3, -0.25) is 4.79 Å². The van der Waals surface area contributed by atoms with Gasteiger partial charge in [-0.1, -0.05) is 0 Å². The van der Waals surface area contributed by atoms with E-state index in [1.165, 1.54) is 0 Å². The Balaban J connectivity index is 3.70. The van der Waals surface area contributed by atoms with Crippen LogP contribution in [0.3, 0.4) is 0 Å². The Morgan fingerprint density at radius 2 is 2.08 bits per heavy atom. The molecule has 0 bridgehead atoms. The third-order valence-corrected chi connectivity index (χ3v) is 1.51. The molecule has 1 atom stereocenters. The summed E-state index contributed by atoms with van der Waals surface area (Å²) in [5, 5.41) is -0.590. The first-order chi connectivity index (χ1) is 5.85. The van der Waals surface area contributed by atoms with Gasteiger partial charge in [0.2, 0.25) is 0 Å². The van der Waals surface area contributed by atoms with Crippen molar-refractivity contribution >= 4 is 23.9 Å². The average molecular weight is 207 g/mol. The highest BCUT2D eigenvalue weighted by Crippen LogP contribution is 2.10. The minimum atomic E-state index is -0.590. The lowest BCUT2D eigenvalue weighted by molar-refractivity contribution is -0.154. The molecule has 0 fully saturated rings. The van der Waals surface area contributed by atoms with Gasteiger partial charge in [-0.15, -0.1) is 11.6 Å². The quantitative estimate of drug-likeness (QED) is 0.401. The van der Waals surface area contributed by atoms with Crippen LogP contribution in [-0.4, -0.2) is 23.2 Å². The molecule has 0 radical (unpaired) electrons. The second kappa shape index (κ2) is 5.22. The van der Waals surface area contributed by atoms with Gasteiger partial charge >= 0.3 is 5.97 Å². The number of ether oxygens (including phenoxy) is 1. The lowest BCUT2D eigenvalue weighted by atomic mass is 10.2. The zero-order chi connectivity index (χ0) is 10.5. The van der Waals surface area contributed by atoms with Gasteiger partial charge in [-0.05, 0) is 27.2 Å². The molecule has 0 saturated heterocycles. The molecule has 0 aromatic carbocycles. The Morgan fingerprint density at radius 1 is 1.54 bits per heavy atom. The summed E-state index contributed by atoms with van der Waals surface area (Å²) in [6, 6.07) is 0. The van der Waals surface area contributed by atoms with E-state index in [0.717, 1.165) is 0 Å². The summed E-state index contributed by atoms with van der Waals surface area (Å²) in [5.41, 5.74) is -0.472. The molecule has 0 aliphatic rings. The van der Waals surface area contributed by atoms with Crippen LogP contribution in [0.5, 0.6) is 0 Å². The van der Waals surface area contributed by atoms with E-state index in [0.29, 0.717) is 12.7 Å². The summed E-state index contributed by atoms with van der Waals surface area (Å²) < 4.78 is 5.02. The topological polar surface area (TPSA) is 43.4 Å². The molecule has 0 aliphatic carbocycles. The zero-order valence-corrected chi connectivity index (χ0v) is 8.93. The normalized spacial score (nSPS) is 13.5. The van der Waals surface area contributed by atoms with E-state index < -0.39 is 11.0 Å². The van der Waals surface area contributed by atoms with E-state index in [9.17, 15) is 9.59 Å². The molecule has 1 unspecified atom stereocenters. The van der Waals surface area contributed by atoms with Crippen molar-refractivity contribution in [3.05, 3.63) is 0 Å². The fourth-order valence-corrected chi connectivity index (χ4v) is 0.825. The Morgan fingerprint density at radius 3 is 2.46 bits per heavy atom. The standard InChI is InChI=1S/C9H15ClO3/c1-9(2,3)13-8(12)5-4-7(10)6-11/h6-7H,4-5H2,1-3H3. The van der Waals surface area contributed by atoms with Gasteiger partial charge in [-0.25, -0.2) is 0 Å². The average Bonchev–Trinajstić information content (AvgIpc) is 1.97. The molecule has 0 amide bonds. The van der Waals surface area contributed by atoms with Crippen molar-refractivity contribution in [2.24, 2.45) is 0 Å². The minimum absolute atomic E-state index is 0.185. The number of halogens is 1. The van der Waals surface area contributed by atoms with Gasteiger partial charge < -0.3 is 9.53 Å². The Kier molecular flexibility index (Phi) is 4.99. The minimum Gasteiger partial charge on any atom is -0.460 e. The highest BCUT2D eigenvalue weighted by atomic mass is 35.5. The van der Waals surface area contributed by atoms with Crippen molar-refractivity contribution in [1.29, 1.82) is 0 Å². The summed E-state index contributed by atoms with van der Waals surface area (Å²) >= 11 is 5.50.